The maximum Gasteiger partial charge on any atom is 0.245 e. The van der Waals surface area contributed by atoms with E-state index in [2.05, 4.69) is 5.32 Å². The summed E-state index contributed by atoms with van der Waals surface area (Å²) < 4.78 is 5.36. The number of likely N-dealkylation sites (N-methyl/N-ethyl adjacent to an activating group) is 1. The lowest BCUT2D eigenvalue weighted by molar-refractivity contribution is -0.152. The minimum Gasteiger partial charge on any atom is -0.377 e. The molecule has 114 valence electrons. The zero-order chi connectivity index (χ0) is 14.5. The fourth-order valence-corrected chi connectivity index (χ4v) is 2.98. The molecule has 0 spiro atoms. The molecule has 0 aromatic rings. The monoisotopic (exact) mass is 283 g/mol. The second kappa shape index (κ2) is 7.04. The number of nitrogens with one attached hydrogen (secondary N) is 1. The van der Waals surface area contributed by atoms with E-state index < -0.39 is 6.04 Å². The summed E-state index contributed by atoms with van der Waals surface area (Å²) in [6, 6.07) is -0.255. The number of amides is 2. The first kappa shape index (κ1) is 15.3. The van der Waals surface area contributed by atoms with Crippen molar-refractivity contribution in [2.75, 3.05) is 26.3 Å². The first-order valence-corrected chi connectivity index (χ1v) is 7.55. The Morgan fingerprint density at radius 1 is 1.30 bits per heavy atom. The highest BCUT2D eigenvalue weighted by atomic mass is 16.5. The number of nitrogens with zero attached hydrogens (tertiary/aromatic N) is 1. The van der Waals surface area contributed by atoms with Gasteiger partial charge in [-0.25, -0.2) is 0 Å². The average Bonchev–Trinajstić information content (AvgIpc) is 2.47. The molecule has 2 fully saturated rings. The Hall–Kier alpha value is -1.14. The third-order valence-corrected chi connectivity index (χ3v) is 4.19. The summed E-state index contributed by atoms with van der Waals surface area (Å²) in [6.45, 7) is 3.74. The molecule has 0 aromatic heterocycles. The van der Waals surface area contributed by atoms with Crippen molar-refractivity contribution in [3.05, 3.63) is 0 Å². The predicted molar refractivity (Wildman–Crippen MR) is 74.9 cm³/mol. The molecule has 1 heterocycles. The van der Waals surface area contributed by atoms with Crippen molar-refractivity contribution in [3.63, 3.8) is 0 Å². The summed E-state index contributed by atoms with van der Waals surface area (Å²) in [4.78, 5) is 26.4. The van der Waals surface area contributed by atoms with Crippen molar-refractivity contribution in [1.29, 1.82) is 0 Å². The highest BCUT2D eigenvalue weighted by Crippen LogP contribution is 2.26. The Morgan fingerprint density at radius 3 is 2.65 bits per heavy atom. The van der Waals surface area contributed by atoms with Crippen molar-refractivity contribution in [2.24, 2.45) is 11.7 Å². The van der Waals surface area contributed by atoms with Crippen LogP contribution in [0.5, 0.6) is 0 Å². The lowest BCUT2D eigenvalue weighted by atomic mass is 9.85. The van der Waals surface area contributed by atoms with Gasteiger partial charge in [0.1, 0.15) is 6.04 Å². The highest BCUT2D eigenvalue weighted by Gasteiger charge is 2.36. The molecule has 20 heavy (non-hydrogen) atoms. The Labute approximate surface area is 120 Å². The highest BCUT2D eigenvalue weighted by molar-refractivity contribution is 5.88. The Bertz CT molecular complexity index is 354. The summed E-state index contributed by atoms with van der Waals surface area (Å²) in [5.74, 6) is -0.00524. The van der Waals surface area contributed by atoms with E-state index in [0.29, 0.717) is 26.3 Å². The molecule has 1 aliphatic heterocycles. The van der Waals surface area contributed by atoms with Crippen molar-refractivity contribution >= 4 is 11.8 Å². The van der Waals surface area contributed by atoms with Crippen LogP contribution in [0.1, 0.15) is 32.6 Å². The van der Waals surface area contributed by atoms with Gasteiger partial charge in [-0.2, -0.15) is 0 Å². The number of rotatable bonds is 3. The minimum absolute atomic E-state index is 0.0184. The molecule has 6 nitrogen and oxygen atoms in total. The second-order valence-corrected chi connectivity index (χ2v) is 5.63. The van der Waals surface area contributed by atoms with Crippen LogP contribution in [0, 0.1) is 5.92 Å². The van der Waals surface area contributed by atoms with Gasteiger partial charge in [0.15, 0.2) is 0 Å². The van der Waals surface area contributed by atoms with E-state index in [9.17, 15) is 9.59 Å². The Kier molecular flexibility index (Phi) is 5.37. The molecule has 1 aliphatic carbocycles. The Balaban J connectivity index is 1.99. The topological polar surface area (TPSA) is 84.7 Å². The van der Waals surface area contributed by atoms with Crippen molar-refractivity contribution < 1.29 is 14.3 Å². The number of carbonyl (C=O) groups excluding carboxylic acids is 2. The summed E-state index contributed by atoms with van der Waals surface area (Å²) in [6.07, 6.45) is 3.46. The fraction of sp³-hybridized carbons (Fsp3) is 0.857. The van der Waals surface area contributed by atoms with Gasteiger partial charge >= 0.3 is 0 Å². The maximum atomic E-state index is 12.6. The second-order valence-electron chi connectivity index (χ2n) is 5.63. The molecule has 2 amide bonds. The molecule has 0 radical (unpaired) electrons. The van der Waals surface area contributed by atoms with Crippen LogP contribution in [-0.2, 0) is 14.3 Å². The number of hydrogen-bond donors (Lipinski definition) is 2. The van der Waals surface area contributed by atoms with E-state index in [-0.39, 0.29) is 23.8 Å². The quantitative estimate of drug-likeness (QED) is 0.755. The molecular formula is C14H25N3O3. The normalized spacial score (nSPS) is 30.9. The van der Waals surface area contributed by atoms with E-state index in [1.165, 1.54) is 0 Å². The van der Waals surface area contributed by atoms with E-state index in [1.807, 2.05) is 6.92 Å². The van der Waals surface area contributed by atoms with E-state index in [4.69, 9.17) is 10.5 Å². The lowest BCUT2D eigenvalue weighted by Gasteiger charge is -2.38. The van der Waals surface area contributed by atoms with E-state index in [0.717, 1.165) is 25.7 Å². The minimum atomic E-state index is -0.480. The van der Waals surface area contributed by atoms with Crippen LogP contribution in [0.4, 0.5) is 0 Å². The zero-order valence-corrected chi connectivity index (χ0v) is 12.1. The van der Waals surface area contributed by atoms with E-state index in [1.54, 1.807) is 4.90 Å². The third kappa shape index (κ3) is 3.49. The summed E-state index contributed by atoms with van der Waals surface area (Å²) in [7, 11) is 0. The SMILES string of the molecule is CCNC(=O)C1COCCN1C(=O)C1CCC(N)CC1. The van der Waals surface area contributed by atoms with Crippen LogP contribution < -0.4 is 11.1 Å². The third-order valence-electron chi connectivity index (χ3n) is 4.19. The van der Waals surface area contributed by atoms with Crippen LogP contribution >= 0.6 is 0 Å². The van der Waals surface area contributed by atoms with Gasteiger partial charge in [0.05, 0.1) is 13.2 Å². The molecule has 3 N–H and O–H groups in total. The van der Waals surface area contributed by atoms with Gasteiger partial charge in [-0.15, -0.1) is 0 Å². The fourth-order valence-electron chi connectivity index (χ4n) is 2.98. The number of carbonyl (C=O) groups is 2. The van der Waals surface area contributed by atoms with Crippen molar-refractivity contribution in [1.82, 2.24) is 10.2 Å². The van der Waals surface area contributed by atoms with Gasteiger partial charge in [-0.3, -0.25) is 9.59 Å². The van der Waals surface area contributed by atoms with Crippen LogP contribution in [0.2, 0.25) is 0 Å². The van der Waals surface area contributed by atoms with Crippen molar-refractivity contribution in [2.45, 2.75) is 44.7 Å². The first-order chi connectivity index (χ1) is 9.63. The molecule has 0 bridgehead atoms. The number of morpholine rings is 1. The molecule has 0 aromatic carbocycles. The average molecular weight is 283 g/mol. The molecule has 1 saturated carbocycles. The molecule has 1 unspecified atom stereocenters. The first-order valence-electron chi connectivity index (χ1n) is 7.55. The van der Waals surface area contributed by atoms with Gasteiger partial charge in [-0.05, 0) is 32.6 Å². The largest absolute Gasteiger partial charge is 0.377 e. The van der Waals surface area contributed by atoms with E-state index >= 15 is 0 Å². The standard InChI is InChI=1S/C14H25N3O3/c1-2-16-13(18)12-9-20-8-7-17(12)14(19)10-3-5-11(15)6-4-10/h10-12H,2-9,15H2,1H3,(H,16,18). The van der Waals surface area contributed by atoms with Gasteiger partial charge in [0, 0.05) is 25.0 Å². The molecule has 1 atom stereocenters. The van der Waals surface area contributed by atoms with Crippen LogP contribution in [-0.4, -0.2) is 55.1 Å². The molecule has 6 heteroatoms. The summed E-state index contributed by atoms with van der Waals surface area (Å²) >= 11 is 0. The molecule has 2 rings (SSSR count). The maximum absolute atomic E-state index is 12.6. The predicted octanol–water partition coefficient (Wildman–Crippen LogP) is -0.133. The van der Waals surface area contributed by atoms with Crippen molar-refractivity contribution in [3.8, 4) is 0 Å². The Morgan fingerprint density at radius 2 is 2.00 bits per heavy atom. The molecular weight excluding hydrogens is 258 g/mol. The number of nitrogens with two attached hydrogens (primary N) is 1. The number of ether oxygens (including phenoxy) is 1. The smallest absolute Gasteiger partial charge is 0.245 e. The molecule has 1 saturated heterocycles. The van der Waals surface area contributed by atoms with Gasteiger partial charge < -0.3 is 20.7 Å². The summed E-state index contributed by atoms with van der Waals surface area (Å²) in [5, 5.41) is 2.78. The van der Waals surface area contributed by atoms with Gasteiger partial charge in [-0.1, -0.05) is 0 Å². The van der Waals surface area contributed by atoms with Gasteiger partial charge in [0.2, 0.25) is 11.8 Å². The summed E-state index contributed by atoms with van der Waals surface area (Å²) in [5.41, 5.74) is 5.88. The number of hydrogen-bond acceptors (Lipinski definition) is 4. The zero-order valence-electron chi connectivity index (χ0n) is 12.1. The van der Waals surface area contributed by atoms with Gasteiger partial charge in [0.25, 0.3) is 0 Å². The van der Waals surface area contributed by atoms with Crippen LogP contribution in [0.3, 0.4) is 0 Å². The van der Waals surface area contributed by atoms with Crippen LogP contribution in [0.25, 0.3) is 0 Å². The molecule has 2 aliphatic rings. The van der Waals surface area contributed by atoms with Crippen LogP contribution in [0.15, 0.2) is 0 Å². The lowest BCUT2D eigenvalue weighted by Crippen LogP contribution is -2.57.